The normalized spacial score (nSPS) is 15.2. The summed E-state index contributed by atoms with van der Waals surface area (Å²) in [5, 5.41) is 6.36. The van der Waals surface area contributed by atoms with Crippen molar-refractivity contribution in [2.75, 3.05) is 26.2 Å². The molecule has 1 heterocycles. The van der Waals surface area contributed by atoms with E-state index in [1.165, 1.54) is 5.56 Å². The zero-order valence-electron chi connectivity index (χ0n) is 20.0. The summed E-state index contributed by atoms with van der Waals surface area (Å²) in [4.78, 5) is 28.5. The number of carbonyl (C=O) groups is 2. The average molecular weight is 524 g/mol. The number of nitrogens with one attached hydrogen (secondary N) is 2. The zero-order chi connectivity index (χ0) is 25.3. The van der Waals surface area contributed by atoms with Crippen LogP contribution in [0.25, 0.3) is 0 Å². The third-order valence-corrected chi connectivity index (χ3v) is 7.93. The highest BCUT2D eigenvalue weighted by atomic mass is 35.5. The van der Waals surface area contributed by atoms with E-state index in [4.69, 9.17) is 11.6 Å². The molecule has 36 heavy (non-hydrogen) atoms. The summed E-state index contributed by atoms with van der Waals surface area (Å²) in [6.45, 7) is 3.39. The van der Waals surface area contributed by atoms with E-state index in [0.29, 0.717) is 27.8 Å². The van der Waals surface area contributed by atoms with Gasteiger partial charge in [0.15, 0.2) is 0 Å². The Hall–Kier alpha value is -3.00. The molecule has 1 fully saturated rings. The average Bonchev–Trinajstić information content (AvgIpc) is 2.92. The third-order valence-electron chi connectivity index (χ3n) is 6.29. The number of carbonyl (C=O) groups excluding carboxylic acids is 2. The fourth-order valence-corrected chi connectivity index (χ4v) is 5.45. The summed E-state index contributed by atoms with van der Waals surface area (Å²) < 4.78 is 12.8. The number of hydrogen-bond donors (Lipinski definition) is 2. The molecule has 4 rings (SSSR count). The Morgan fingerprint density at radius 1 is 0.889 bits per heavy atom. The van der Waals surface area contributed by atoms with Crippen LogP contribution in [0.5, 0.6) is 0 Å². The van der Waals surface area contributed by atoms with Crippen LogP contribution in [0.2, 0.25) is 5.02 Å². The van der Waals surface area contributed by atoms with Gasteiger partial charge in [-0.3, -0.25) is 14.5 Å². The zero-order valence-corrected chi connectivity index (χ0v) is 21.6. The van der Waals surface area contributed by atoms with Gasteiger partial charge in [0, 0.05) is 33.5 Å². The second-order valence-corrected chi connectivity index (χ2v) is 10.9. The lowest BCUT2D eigenvalue weighted by Crippen LogP contribution is -2.41. The van der Waals surface area contributed by atoms with Crippen molar-refractivity contribution in [2.24, 2.45) is 5.92 Å². The molecule has 6 nitrogen and oxygen atoms in total. The highest BCUT2D eigenvalue weighted by molar-refractivity contribution is 7.85. The summed E-state index contributed by atoms with van der Waals surface area (Å²) in [5.41, 5.74) is 1.62. The Kier molecular flexibility index (Phi) is 9.28. The maximum atomic E-state index is 12.8. The first-order valence-corrected chi connectivity index (χ1v) is 13.6. The van der Waals surface area contributed by atoms with Crippen molar-refractivity contribution >= 4 is 34.2 Å². The molecule has 3 aromatic carbocycles. The van der Waals surface area contributed by atoms with Crippen LogP contribution >= 0.6 is 11.6 Å². The number of hydrogen-bond acceptors (Lipinski definition) is 4. The molecule has 1 unspecified atom stereocenters. The summed E-state index contributed by atoms with van der Waals surface area (Å²) in [7, 11) is -1.38. The summed E-state index contributed by atoms with van der Waals surface area (Å²) in [6, 6.07) is 23.7. The van der Waals surface area contributed by atoms with Crippen molar-refractivity contribution in [3.8, 4) is 0 Å². The first kappa shape index (κ1) is 26.1. The lowest BCUT2D eigenvalue weighted by atomic mass is 9.96. The Balaban J connectivity index is 1.18. The monoisotopic (exact) mass is 523 g/mol. The summed E-state index contributed by atoms with van der Waals surface area (Å²) in [6.07, 6.45) is 2.04. The highest BCUT2D eigenvalue weighted by Gasteiger charge is 2.20. The van der Waals surface area contributed by atoms with E-state index in [2.05, 4.69) is 27.7 Å². The van der Waals surface area contributed by atoms with Gasteiger partial charge in [-0.05, 0) is 79.9 Å². The van der Waals surface area contributed by atoms with Gasteiger partial charge >= 0.3 is 0 Å². The fourth-order valence-electron chi connectivity index (χ4n) is 4.21. The Bertz CT molecular complexity index is 1200. The molecule has 1 aliphatic rings. The second-order valence-electron chi connectivity index (χ2n) is 8.94. The minimum atomic E-state index is -1.38. The summed E-state index contributed by atoms with van der Waals surface area (Å²) in [5.74, 6) is -0.153. The van der Waals surface area contributed by atoms with Crippen LogP contribution in [0.1, 0.15) is 28.8 Å². The number of likely N-dealkylation sites (tertiary alicyclic amines) is 1. The van der Waals surface area contributed by atoms with E-state index in [-0.39, 0.29) is 18.4 Å². The van der Waals surface area contributed by atoms with Crippen molar-refractivity contribution < 1.29 is 13.8 Å². The lowest BCUT2D eigenvalue weighted by Gasteiger charge is -2.32. The topological polar surface area (TPSA) is 78.5 Å². The molecule has 2 N–H and O–H groups in total. The van der Waals surface area contributed by atoms with Gasteiger partial charge in [0.1, 0.15) is 0 Å². The summed E-state index contributed by atoms with van der Waals surface area (Å²) >= 11 is 5.96. The minimum absolute atomic E-state index is 0.0970. The first-order valence-electron chi connectivity index (χ1n) is 12.1. The maximum absolute atomic E-state index is 12.8. The molecule has 0 aliphatic carbocycles. The molecule has 0 radical (unpaired) electrons. The van der Waals surface area contributed by atoms with Crippen LogP contribution in [0.3, 0.4) is 0 Å². The molecular formula is C28H30ClN3O3S. The van der Waals surface area contributed by atoms with Crippen molar-refractivity contribution in [1.29, 1.82) is 0 Å². The molecule has 2 amide bonds. The van der Waals surface area contributed by atoms with Gasteiger partial charge in [-0.15, -0.1) is 0 Å². The number of piperidine rings is 1. The van der Waals surface area contributed by atoms with Gasteiger partial charge in [-0.2, -0.15) is 0 Å². The molecule has 1 atom stereocenters. The Morgan fingerprint density at radius 3 is 2.31 bits per heavy atom. The molecule has 1 saturated heterocycles. The SMILES string of the molecule is O=C(CNC(=O)c1cccc(S(=O)c2ccccc2)c1)NCC1CCN(Cc2ccc(Cl)cc2)CC1. The number of amides is 2. The van der Waals surface area contributed by atoms with Crippen molar-refractivity contribution in [2.45, 2.75) is 29.2 Å². The third kappa shape index (κ3) is 7.50. The molecule has 8 heteroatoms. The van der Waals surface area contributed by atoms with Crippen LogP contribution in [0.4, 0.5) is 0 Å². The lowest BCUT2D eigenvalue weighted by molar-refractivity contribution is -0.120. The van der Waals surface area contributed by atoms with Crippen LogP contribution in [-0.4, -0.2) is 47.1 Å². The van der Waals surface area contributed by atoms with Crippen LogP contribution in [0.15, 0.2) is 88.7 Å². The van der Waals surface area contributed by atoms with Crippen molar-refractivity contribution in [3.05, 3.63) is 95.0 Å². The molecule has 188 valence electrons. The highest BCUT2D eigenvalue weighted by Crippen LogP contribution is 2.20. The van der Waals surface area contributed by atoms with Gasteiger partial charge in [0.05, 0.1) is 17.3 Å². The van der Waals surface area contributed by atoms with E-state index in [0.717, 1.165) is 37.5 Å². The second kappa shape index (κ2) is 12.8. The maximum Gasteiger partial charge on any atom is 0.251 e. The molecular weight excluding hydrogens is 494 g/mol. The molecule has 0 aromatic heterocycles. The number of halogens is 1. The Labute approximate surface area is 219 Å². The molecule has 3 aromatic rings. The van der Waals surface area contributed by atoms with E-state index in [1.807, 2.05) is 30.3 Å². The van der Waals surface area contributed by atoms with Crippen molar-refractivity contribution in [3.63, 3.8) is 0 Å². The van der Waals surface area contributed by atoms with Gasteiger partial charge in [-0.25, -0.2) is 4.21 Å². The number of benzene rings is 3. The van der Waals surface area contributed by atoms with Crippen molar-refractivity contribution in [1.82, 2.24) is 15.5 Å². The predicted octanol–water partition coefficient (Wildman–Crippen LogP) is 4.26. The molecule has 0 bridgehead atoms. The van der Waals surface area contributed by atoms with Gasteiger partial charge in [0.25, 0.3) is 5.91 Å². The van der Waals surface area contributed by atoms with Crippen LogP contribution in [-0.2, 0) is 22.1 Å². The van der Waals surface area contributed by atoms with Gasteiger partial charge in [-0.1, -0.05) is 48.0 Å². The minimum Gasteiger partial charge on any atom is -0.354 e. The fraction of sp³-hybridized carbons (Fsp3) is 0.286. The quantitative estimate of drug-likeness (QED) is 0.439. The largest absolute Gasteiger partial charge is 0.354 e. The van der Waals surface area contributed by atoms with Gasteiger partial charge < -0.3 is 10.6 Å². The van der Waals surface area contributed by atoms with Gasteiger partial charge in [0.2, 0.25) is 5.91 Å². The van der Waals surface area contributed by atoms with E-state index < -0.39 is 10.8 Å². The smallest absolute Gasteiger partial charge is 0.251 e. The van der Waals surface area contributed by atoms with E-state index >= 15 is 0 Å². The van der Waals surface area contributed by atoms with Crippen LogP contribution < -0.4 is 10.6 Å². The predicted molar refractivity (Wildman–Crippen MR) is 142 cm³/mol. The number of nitrogens with zero attached hydrogens (tertiary/aromatic N) is 1. The molecule has 1 aliphatic heterocycles. The first-order chi connectivity index (χ1) is 17.5. The molecule has 0 spiro atoms. The molecule has 0 saturated carbocycles. The number of rotatable bonds is 9. The Morgan fingerprint density at radius 2 is 1.58 bits per heavy atom. The van der Waals surface area contributed by atoms with E-state index in [9.17, 15) is 13.8 Å². The standard InChI is InChI=1S/C28H30ClN3O3S/c29-24-11-9-22(10-12-24)20-32-15-13-21(14-16-32)18-30-27(33)19-31-28(34)23-5-4-8-26(17-23)36(35)25-6-2-1-3-7-25/h1-12,17,21H,13-16,18-20H2,(H,30,33)(H,31,34). The van der Waals surface area contributed by atoms with E-state index in [1.54, 1.807) is 36.4 Å². The van der Waals surface area contributed by atoms with Crippen LogP contribution in [0, 0.1) is 5.92 Å².